The third kappa shape index (κ3) is 3.05. The molecule has 1 aromatic heterocycles. The number of hydrogen-bond acceptors (Lipinski definition) is 6. The summed E-state index contributed by atoms with van der Waals surface area (Å²) in [4.78, 5) is 26.1. The molecule has 82 valence electrons. The summed E-state index contributed by atoms with van der Waals surface area (Å²) >= 11 is 1.30. The molecule has 0 radical (unpaired) electrons. The Morgan fingerprint density at radius 1 is 1.47 bits per heavy atom. The average molecular weight is 228 g/mol. The Kier molecular flexibility index (Phi) is 3.84. The number of rotatable bonds is 4. The number of Topliss-reactive ketones (excluding diaryl/α,β-unsaturated/α-hetero) is 1. The molecule has 0 atom stereocenters. The molecule has 0 saturated carbocycles. The van der Waals surface area contributed by atoms with Gasteiger partial charge in [-0.1, -0.05) is 11.8 Å². The molecule has 0 fully saturated rings. The largest absolute Gasteiger partial charge is 0.368 e. The maximum atomic E-state index is 11.5. The maximum Gasteiger partial charge on any atom is 0.250 e. The quantitative estimate of drug-likeness (QED) is 0.758. The van der Waals surface area contributed by atoms with E-state index in [1.54, 1.807) is 6.26 Å². The standard InChI is InChI=1S/C8H12N4O2S/c1-5(13)3-4-6(14)12-7(9)10-8(11-12)15-2/h3-4H2,1-2H3,(H2,9,10,11). The number of nitrogens with zero attached hydrogens (tertiary/aromatic N) is 3. The molecule has 1 aromatic rings. The highest BCUT2D eigenvalue weighted by Crippen LogP contribution is 2.11. The van der Waals surface area contributed by atoms with Crippen LogP contribution < -0.4 is 5.73 Å². The summed E-state index contributed by atoms with van der Waals surface area (Å²) in [6.45, 7) is 1.44. The fraction of sp³-hybridized carbons (Fsp3) is 0.500. The molecule has 0 aliphatic rings. The van der Waals surface area contributed by atoms with Gasteiger partial charge in [0.15, 0.2) is 0 Å². The second kappa shape index (κ2) is 4.92. The van der Waals surface area contributed by atoms with E-state index in [1.165, 1.54) is 18.7 Å². The molecule has 0 aliphatic carbocycles. The van der Waals surface area contributed by atoms with Crippen molar-refractivity contribution < 1.29 is 9.59 Å². The van der Waals surface area contributed by atoms with Gasteiger partial charge in [-0.05, 0) is 13.2 Å². The van der Waals surface area contributed by atoms with E-state index in [9.17, 15) is 9.59 Å². The fourth-order valence-electron chi connectivity index (χ4n) is 0.963. The Morgan fingerprint density at radius 2 is 2.13 bits per heavy atom. The Bertz CT molecular complexity index is 388. The average Bonchev–Trinajstić information content (AvgIpc) is 2.56. The van der Waals surface area contributed by atoms with Gasteiger partial charge in [-0.2, -0.15) is 9.67 Å². The molecular formula is C8H12N4O2S. The third-order valence-corrected chi connectivity index (χ3v) is 2.26. The monoisotopic (exact) mass is 228 g/mol. The van der Waals surface area contributed by atoms with E-state index >= 15 is 0 Å². The van der Waals surface area contributed by atoms with Crippen molar-refractivity contribution in [3.63, 3.8) is 0 Å². The number of ketones is 1. The van der Waals surface area contributed by atoms with Gasteiger partial charge in [0.2, 0.25) is 11.1 Å². The van der Waals surface area contributed by atoms with Crippen molar-refractivity contribution in [3.05, 3.63) is 0 Å². The van der Waals surface area contributed by atoms with Crippen molar-refractivity contribution in [2.24, 2.45) is 0 Å². The van der Waals surface area contributed by atoms with Crippen LogP contribution in [0.25, 0.3) is 0 Å². The Balaban J connectivity index is 2.72. The van der Waals surface area contributed by atoms with Crippen LogP contribution in [0.1, 0.15) is 24.6 Å². The lowest BCUT2D eigenvalue weighted by atomic mass is 10.2. The zero-order valence-electron chi connectivity index (χ0n) is 8.56. The molecule has 7 heteroatoms. The number of nitrogens with two attached hydrogens (primary N) is 1. The first-order valence-corrected chi connectivity index (χ1v) is 5.56. The summed E-state index contributed by atoms with van der Waals surface area (Å²) in [6.07, 6.45) is 2.10. The highest BCUT2D eigenvalue weighted by molar-refractivity contribution is 7.98. The smallest absolute Gasteiger partial charge is 0.250 e. The number of thioether (sulfide) groups is 1. The normalized spacial score (nSPS) is 10.3. The number of carbonyl (C=O) groups excluding carboxylic acids is 2. The first-order valence-electron chi connectivity index (χ1n) is 4.33. The predicted octanol–water partition coefficient (Wildman–Crippen LogP) is 0.592. The summed E-state index contributed by atoms with van der Waals surface area (Å²) in [6, 6.07) is 0. The van der Waals surface area contributed by atoms with Gasteiger partial charge in [0.25, 0.3) is 5.91 Å². The van der Waals surface area contributed by atoms with E-state index in [-0.39, 0.29) is 30.5 Å². The van der Waals surface area contributed by atoms with Crippen molar-refractivity contribution >= 4 is 29.4 Å². The Hall–Kier alpha value is -1.37. The molecule has 0 aromatic carbocycles. The Morgan fingerprint density at radius 3 is 2.60 bits per heavy atom. The molecule has 0 saturated heterocycles. The number of hydrogen-bond donors (Lipinski definition) is 1. The van der Waals surface area contributed by atoms with Crippen molar-refractivity contribution in [1.82, 2.24) is 14.8 Å². The maximum absolute atomic E-state index is 11.5. The van der Waals surface area contributed by atoms with Crippen LogP contribution in [-0.4, -0.2) is 32.7 Å². The highest BCUT2D eigenvalue weighted by Gasteiger charge is 2.13. The molecule has 0 spiro atoms. The van der Waals surface area contributed by atoms with E-state index < -0.39 is 0 Å². The van der Waals surface area contributed by atoms with Gasteiger partial charge >= 0.3 is 0 Å². The third-order valence-electron chi connectivity index (χ3n) is 1.72. The van der Waals surface area contributed by atoms with Gasteiger partial charge in [-0.3, -0.25) is 4.79 Å². The molecule has 1 heterocycles. The van der Waals surface area contributed by atoms with Crippen LogP contribution in [-0.2, 0) is 4.79 Å². The topological polar surface area (TPSA) is 90.9 Å². The van der Waals surface area contributed by atoms with Crippen molar-refractivity contribution in [2.45, 2.75) is 24.9 Å². The van der Waals surface area contributed by atoms with E-state index in [1.807, 2.05) is 0 Å². The minimum atomic E-state index is -0.310. The van der Waals surface area contributed by atoms with Crippen molar-refractivity contribution in [1.29, 1.82) is 0 Å². The lowest BCUT2D eigenvalue weighted by molar-refractivity contribution is -0.117. The first-order chi connectivity index (χ1) is 7.04. The zero-order chi connectivity index (χ0) is 11.4. The minimum Gasteiger partial charge on any atom is -0.368 e. The fourth-order valence-corrected chi connectivity index (χ4v) is 1.31. The van der Waals surface area contributed by atoms with Gasteiger partial charge < -0.3 is 10.5 Å². The minimum absolute atomic E-state index is 0.0351. The summed E-state index contributed by atoms with van der Waals surface area (Å²) in [5.41, 5.74) is 5.49. The van der Waals surface area contributed by atoms with Crippen molar-refractivity contribution in [2.75, 3.05) is 12.0 Å². The van der Waals surface area contributed by atoms with Gasteiger partial charge in [0.1, 0.15) is 5.78 Å². The lowest BCUT2D eigenvalue weighted by Gasteiger charge is -1.98. The summed E-state index contributed by atoms with van der Waals surface area (Å²) < 4.78 is 1.04. The van der Waals surface area contributed by atoms with Gasteiger partial charge in [-0.15, -0.1) is 5.10 Å². The first kappa shape index (κ1) is 11.7. The van der Waals surface area contributed by atoms with Crippen LogP contribution in [0.4, 0.5) is 5.95 Å². The SMILES string of the molecule is CSc1nc(N)n(C(=O)CCC(C)=O)n1. The van der Waals surface area contributed by atoms with Gasteiger partial charge in [0, 0.05) is 12.8 Å². The predicted molar refractivity (Wildman–Crippen MR) is 56.8 cm³/mol. The molecule has 1 rings (SSSR count). The zero-order valence-corrected chi connectivity index (χ0v) is 9.37. The number of carbonyl (C=O) groups is 2. The molecule has 0 unspecified atom stereocenters. The summed E-state index contributed by atoms with van der Waals surface area (Å²) in [7, 11) is 0. The van der Waals surface area contributed by atoms with Crippen LogP contribution >= 0.6 is 11.8 Å². The van der Waals surface area contributed by atoms with Gasteiger partial charge in [0.05, 0.1) is 0 Å². The molecule has 0 bridgehead atoms. The lowest BCUT2D eigenvalue weighted by Crippen LogP contribution is -2.16. The van der Waals surface area contributed by atoms with Crippen LogP contribution in [0, 0.1) is 0 Å². The second-order valence-electron chi connectivity index (χ2n) is 2.96. The van der Waals surface area contributed by atoms with Gasteiger partial charge in [-0.25, -0.2) is 0 Å². The molecular weight excluding hydrogens is 216 g/mol. The molecule has 0 amide bonds. The molecule has 0 aliphatic heterocycles. The van der Waals surface area contributed by atoms with E-state index in [0.29, 0.717) is 5.16 Å². The van der Waals surface area contributed by atoms with Crippen LogP contribution in [0.15, 0.2) is 5.16 Å². The number of aromatic nitrogens is 3. The summed E-state index contributed by atoms with van der Waals surface area (Å²) in [5, 5.41) is 4.34. The molecule has 15 heavy (non-hydrogen) atoms. The Labute approximate surface area is 91.2 Å². The van der Waals surface area contributed by atoms with Crippen LogP contribution in [0.2, 0.25) is 0 Å². The highest BCUT2D eigenvalue weighted by atomic mass is 32.2. The van der Waals surface area contributed by atoms with E-state index in [4.69, 9.17) is 5.73 Å². The second-order valence-corrected chi connectivity index (χ2v) is 3.74. The number of anilines is 1. The number of nitrogen functional groups attached to an aromatic ring is 1. The molecule has 2 N–H and O–H groups in total. The van der Waals surface area contributed by atoms with E-state index in [2.05, 4.69) is 10.1 Å². The van der Waals surface area contributed by atoms with Crippen LogP contribution in [0.3, 0.4) is 0 Å². The summed E-state index contributed by atoms with van der Waals surface area (Å²) in [5.74, 6) is -0.282. The van der Waals surface area contributed by atoms with Crippen LogP contribution in [0.5, 0.6) is 0 Å². The van der Waals surface area contributed by atoms with Crippen molar-refractivity contribution in [3.8, 4) is 0 Å². The molecule has 6 nitrogen and oxygen atoms in total. The van der Waals surface area contributed by atoms with E-state index in [0.717, 1.165) is 4.68 Å².